The van der Waals surface area contributed by atoms with Gasteiger partial charge in [0.05, 0.1) is 12.8 Å². The van der Waals surface area contributed by atoms with Gasteiger partial charge in [0.1, 0.15) is 5.76 Å². The molecule has 0 radical (unpaired) electrons. The van der Waals surface area contributed by atoms with Gasteiger partial charge in [-0.15, -0.1) is 24.0 Å². The van der Waals surface area contributed by atoms with Crippen molar-refractivity contribution < 1.29 is 4.42 Å². The molecule has 30 heavy (non-hydrogen) atoms. The Morgan fingerprint density at radius 3 is 2.63 bits per heavy atom. The Kier molecular flexibility index (Phi) is 9.52. The predicted octanol–water partition coefficient (Wildman–Crippen LogP) is 4.39. The first-order valence-electron chi connectivity index (χ1n) is 11.2. The Morgan fingerprint density at radius 1 is 1.03 bits per heavy atom. The Labute approximate surface area is 197 Å². The summed E-state index contributed by atoms with van der Waals surface area (Å²) in [4.78, 5) is 10.1. The van der Waals surface area contributed by atoms with Crippen LogP contribution in [-0.2, 0) is 13.0 Å². The molecule has 5 nitrogen and oxygen atoms in total. The number of hydrogen-bond donors (Lipinski definition) is 1. The lowest BCUT2D eigenvalue weighted by molar-refractivity contribution is 0.198. The van der Waals surface area contributed by atoms with Crippen LogP contribution in [0.15, 0.2) is 58.1 Å². The SMILES string of the molecule is I.c1ccc(CN=C(NCCc2ccco2)N2CCC(CN3CCCCC3)C2)cc1. The molecule has 0 aliphatic carbocycles. The zero-order chi connectivity index (χ0) is 19.7. The lowest BCUT2D eigenvalue weighted by Crippen LogP contribution is -2.42. The molecule has 164 valence electrons. The van der Waals surface area contributed by atoms with Crippen LogP contribution in [-0.4, -0.2) is 55.0 Å². The van der Waals surface area contributed by atoms with Crippen LogP contribution < -0.4 is 5.32 Å². The number of halogens is 1. The highest BCUT2D eigenvalue weighted by Gasteiger charge is 2.27. The minimum absolute atomic E-state index is 0. The Bertz CT molecular complexity index is 744. The maximum Gasteiger partial charge on any atom is 0.194 e. The summed E-state index contributed by atoms with van der Waals surface area (Å²) in [5.41, 5.74) is 1.25. The molecule has 2 aromatic rings. The van der Waals surface area contributed by atoms with Gasteiger partial charge in [0.25, 0.3) is 0 Å². The number of guanidine groups is 1. The standard InChI is InChI=1S/C24H34N4O.HI/c1-3-8-21(9-4-1)18-26-24(25-13-11-23-10-7-17-29-23)28-16-12-22(20-28)19-27-14-5-2-6-15-27;/h1,3-4,7-10,17,22H,2,5-6,11-16,18-20H2,(H,25,26);1H. The molecule has 0 amide bonds. The molecule has 1 unspecified atom stereocenters. The highest BCUT2D eigenvalue weighted by molar-refractivity contribution is 14.0. The van der Waals surface area contributed by atoms with Gasteiger partial charge in [0.15, 0.2) is 5.96 Å². The second-order valence-electron chi connectivity index (χ2n) is 8.34. The smallest absolute Gasteiger partial charge is 0.194 e. The van der Waals surface area contributed by atoms with E-state index in [4.69, 9.17) is 9.41 Å². The summed E-state index contributed by atoms with van der Waals surface area (Å²) in [7, 11) is 0. The van der Waals surface area contributed by atoms with Crippen LogP contribution in [0.1, 0.15) is 37.0 Å². The average Bonchev–Trinajstić information content (AvgIpc) is 3.44. The van der Waals surface area contributed by atoms with Crippen molar-refractivity contribution in [1.29, 1.82) is 0 Å². The maximum absolute atomic E-state index is 5.47. The molecule has 1 N–H and O–H groups in total. The lowest BCUT2D eigenvalue weighted by atomic mass is 10.1. The highest BCUT2D eigenvalue weighted by Crippen LogP contribution is 2.20. The first-order valence-corrected chi connectivity index (χ1v) is 11.2. The van der Waals surface area contributed by atoms with Crippen molar-refractivity contribution in [3.8, 4) is 0 Å². The summed E-state index contributed by atoms with van der Waals surface area (Å²) < 4.78 is 5.47. The van der Waals surface area contributed by atoms with E-state index in [1.165, 1.54) is 50.9 Å². The molecule has 4 rings (SSSR count). The van der Waals surface area contributed by atoms with Gasteiger partial charge in [-0.2, -0.15) is 0 Å². The van der Waals surface area contributed by atoms with E-state index in [0.717, 1.165) is 50.2 Å². The number of nitrogens with one attached hydrogen (secondary N) is 1. The van der Waals surface area contributed by atoms with Crippen LogP contribution in [0.2, 0.25) is 0 Å². The number of likely N-dealkylation sites (tertiary alicyclic amines) is 2. The average molecular weight is 522 g/mol. The third-order valence-electron chi connectivity index (χ3n) is 6.04. The lowest BCUT2D eigenvalue weighted by Gasteiger charge is -2.29. The molecule has 1 aromatic carbocycles. The van der Waals surface area contributed by atoms with Crippen molar-refractivity contribution in [2.45, 2.75) is 38.6 Å². The van der Waals surface area contributed by atoms with Crippen LogP contribution in [0.25, 0.3) is 0 Å². The normalized spacial score (nSPS) is 20.2. The van der Waals surface area contributed by atoms with Gasteiger partial charge in [0.2, 0.25) is 0 Å². The zero-order valence-electron chi connectivity index (χ0n) is 17.8. The van der Waals surface area contributed by atoms with Crippen LogP contribution >= 0.6 is 24.0 Å². The number of piperidine rings is 1. The molecule has 2 saturated heterocycles. The van der Waals surface area contributed by atoms with Crippen LogP contribution in [0.4, 0.5) is 0 Å². The molecule has 2 aliphatic rings. The van der Waals surface area contributed by atoms with E-state index in [-0.39, 0.29) is 24.0 Å². The molecular weight excluding hydrogens is 487 g/mol. The van der Waals surface area contributed by atoms with E-state index in [1.54, 1.807) is 6.26 Å². The largest absolute Gasteiger partial charge is 0.469 e. The number of rotatable bonds is 7. The minimum Gasteiger partial charge on any atom is -0.469 e. The van der Waals surface area contributed by atoms with E-state index < -0.39 is 0 Å². The third kappa shape index (κ3) is 7.01. The second-order valence-corrected chi connectivity index (χ2v) is 8.34. The number of aliphatic imine (C=N–C) groups is 1. The van der Waals surface area contributed by atoms with Crippen molar-refractivity contribution >= 4 is 29.9 Å². The van der Waals surface area contributed by atoms with Crippen molar-refractivity contribution in [2.75, 3.05) is 39.3 Å². The van der Waals surface area contributed by atoms with E-state index in [1.807, 2.05) is 12.1 Å². The predicted molar refractivity (Wildman–Crippen MR) is 133 cm³/mol. The summed E-state index contributed by atoms with van der Waals surface area (Å²) in [6.07, 6.45) is 8.03. The van der Waals surface area contributed by atoms with Crippen molar-refractivity contribution in [3.63, 3.8) is 0 Å². The Morgan fingerprint density at radius 2 is 1.87 bits per heavy atom. The number of nitrogens with zero attached hydrogens (tertiary/aromatic N) is 3. The fourth-order valence-corrected chi connectivity index (χ4v) is 4.45. The Balaban J connectivity index is 0.00000256. The monoisotopic (exact) mass is 522 g/mol. The minimum atomic E-state index is 0. The molecule has 1 aromatic heterocycles. The summed E-state index contributed by atoms with van der Waals surface area (Å²) in [6, 6.07) is 14.5. The van der Waals surface area contributed by atoms with Crippen molar-refractivity contribution in [1.82, 2.24) is 15.1 Å². The topological polar surface area (TPSA) is 44.0 Å². The number of hydrogen-bond acceptors (Lipinski definition) is 3. The molecule has 3 heterocycles. The fraction of sp³-hybridized carbons (Fsp3) is 0.542. The summed E-state index contributed by atoms with van der Waals surface area (Å²) >= 11 is 0. The van der Waals surface area contributed by atoms with Crippen LogP contribution in [0.3, 0.4) is 0 Å². The van der Waals surface area contributed by atoms with Gasteiger partial charge in [-0.3, -0.25) is 0 Å². The fourth-order valence-electron chi connectivity index (χ4n) is 4.45. The van der Waals surface area contributed by atoms with Gasteiger partial charge in [-0.1, -0.05) is 36.8 Å². The molecule has 1 atom stereocenters. The maximum atomic E-state index is 5.47. The molecule has 0 bridgehead atoms. The third-order valence-corrected chi connectivity index (χ3v) is 6.04. The zero-order valence-corrected chi connectivity index (χ0v) is 20.2. The van der Waals surface area contributed by atoms with Gasteiger partial charge in [-0.05, 0) is 56.0 Å². The van der Waals surface area contributed by atoms with Crippen molar-refractivity contribution in [2.24, 2.45) is 10.9 Å². The van der Waals surface area contributed by atoms with E-state index in [9.17, 15) is 0 Å². The van der Waals surface area contributed by atoms with Crippen LogP contribution in [0, 0.1) is 5.92 Å². The van der Waals surface area contributed by atoms with E-state index in [0.29, 0.717) is 0 Å². The molecule has 0 spiro atoms. The number of furan rings is 1. The van der Waals surface area contributed by atoms with Crippen LogP contribution in [0.5, 0.6) is 0 Å². The van der Waals surface area contributed by atoms with Gasteiger partial charge < -0.3 is 19.5 Å². The first-order chi connectivity index (χ1) is 14.4. The van der Waals surface area contributed by atoms with Gasteiger partial charge in [0, 0.05) is 32.6 Å². The molecule has 0 saturated carbocycles. The van der Waals surface area contributed by atoms with Gasteiger partial charge >= 0.3 is 0 Å². The number of benzene rings is 1. The quantitative estimate of drug-likeness (QED) is 0.333. The molecule has 2 aliphatic heterocycles. The van der Waals surface area contributed by atoms with Gasteiger partial charge in [-0.25, -0.2) is 4.99 Å². The molecule has 6 heteroatoms. The Hall–Kier alpha value is -1.54. The first kappa shape index (κ1) is 23.1. The molecule has 2 fully saturated rings. The van der Waals surface area contributed by atoms with E-state index >= 15 is 0 Å². The second kappa shape index (κ2) is 12.3. The summed E-state index contributed by atoms with van der Waals surface area (Å²) in [6.45, 7) is 7.58. The summed E-state index contributed by atoms with van der Waals surface area (Å²) in [5, 5.41) is 3.60. The summed E-state index contributed by atoms with van der Waals surface area (Å²) in [5.74, 6) is 2.81. The van der Waals surface area contributed by atoms with Crippen molar-refractivity contribution in [3.05, 3.63) is 60.1 Å². The van der Waals surface area contributed by atoms with E-state index in [2.05, 4.69) is 45.4 Å². The highest BCUT2D eigenvalue weighted by atomic mass is 127. The molecular formula is C24H35IN4O.